The molecule has 54 valence electrons. The molecule has 0 saturated carbocycles. The maximum absolute atomic E-state index is 10.0. The zero-order valence-electron chi connectivity index (χ0n) is 5.90. The molecule has 0 aliphatic carbocycles. The van der Waals surface area contributed by atoms with E-state index in [0.29, 0.717) is 0 Å². The summed E-state index contributed by atoms with van der Waals surface area (Å²) in [6.07, 6.45) is 0.918. The smallest absolute Gasteiger partial charge is 0.543 e. The summed E-state index contributed by atoms with van der Waals surface area (Å²) in [5, 5.41) is 18.4. The molecule has 0 atom stereocenters. The van der Waals surface area contributed by atoms with Crippen molar-refractivity contribution < 1.29 is 49.0 Å². The van der Waals surface area contributed by atoms with E-state index < -0.39 is 12.6 Å². The minimum absolute atomic E-state index is 0. The maximum Gasteiger partial charge on any atom is 1.00 e. The van der Waals surface area contributed by atoms with Gasteiger partial charge in [0.15, 0.2) is 0 Å². The van der Waals surface area contributed by atoms with Gasteiger partial charge in [-0.25, -0.2) is 4.98 Å². The molecular formula is C5H4NNaO4. The van der Waals surface area contributed by atoms with Crippen molar-refractivity contribution in [2.75, 3.05) is 0 Å². The third-order valence-corrected chi connectivity index (χ3v) is 0.896. The van der Waals surface area contributed by atoms with Crippen LogP contribution in [-0.2, 0) is 6.61 Å². The van der Waals surface area contributed by atoms with Crippen molar-refractivity contribution in [3.63, 3.8) is 0 Å². The Kier molecular flexibility index (Phi) is 4.36. The van der Waals surface area contributed by atoms with Gasteiger partial charge in [-0.2, -0.15) is 0 Å². The molecule has 0 unspecified atom stereocenters. The number of rotatable bonds is 2. The van der Waals surface area contributed by atoms with Crippen molar-refractivity contribution in [3.05, 3.63) is 17.8 Å². The van der Waals surface area contributed by atoms with E-state index in [1.54, 1.807) is 0 Å². The van der Waals surface area contributed by atoms with E-state index in [-0.39, 0.29) is 41.1 Å². The summed E-state index contributed by atoms with van der Waals surface area (Å²) in [6, 6.07) is 0. The number of carboxylic acids is 1. The van der Waals surface area contributed by atoms with Crippen molar-refractivity contribution in [1.82, 2.24) is 4.98 Å². The third-order valence-electron chi connectivity index (χ3n) is 0.896. The second kappa shape index (κ2) is 4.50. The van der Waals surface area contributed by atoms with Crippen LogP contribution in [0, 0.1) is 0 Å². The second-order valence-corrected chi connectivity index (χ2v) is 1.57. The van der Waals surface area contributed by atoms with Crippen LogP contribution < -0.4 is 34.7 Å². The van der Waals surface area contributed by atoms with Gasteiger partial charge in [0, 0.05) is 0 Å². The molecule has 1 heterocycles. The average molecular weight is 165 g/mol. The van der Waals surface area contributed by atoms with E-state index in [1.807, 2.05) is 0 Å². The molecule has 6 heteroatoms. The Labute approximate surface area is 84.3 Å². The molecule has 1 N–H and O–H groups in total. The maximum atomic E-state index is 10.0. The van der Waals surface area contributed by atoms with Crippen LogP contribution in [0.3, 0.4) is 0 Å². The van der Waals surface area contributed by atoms with Gasteiger partial charge in [0.05, 0.1) is 5.97 Å². The summed E-state index contributed by atoms with van der Waals surface area (Å²) in [6.45, 7) is -0.409. The number of aromatic nitrogens is 1. The molecule has 0 spiro atoms. The summed E-state index contributed by atoms with van der Waals surface area (Å²) in [5.41, 5.74) is -0.302. The number of carboxylic acid groups (broad SMARTS) is 1. The predicted molar refractivity (Wildman–Crippen MR) is 26.8 cm³/mol. The summed E-state index contributed by atoms with van der Waals surface area (Å²) < 4.78 is 4.49. The molecule has 0 saturated heterocycles. The van der Waals surface area contributed by atoms with E-state index in [0.717, 1.165) is 6.26 Å². The number of carbonyl (C=O) groups excluding carboxylic acids is 1. The number of oxazole rings is 1. The minimum Gasteiger partial charge on any atom is -0.543 e. The van der Waals surface area contributed by atoms with Gasteiger partial charge in [0.25, 0.3) is 0 Å². The van der Waals surface area contributed by atoms with Gasteiger partial charge in [-0.15, -0.1) is 0 Å². The largest absolute Gasteiger partial charge is 1.00 e. The van der Waals surface area contributed by atoms with E-state index in [1.165, 1.54) is 0 Å². The first-order valence-corrected chi connectivity index (χ1v) is 2.50. The monoisotopic (exact) mass is 165 g/mol. The first kappa shape index (κ1) is 10.6. The molecule has 1 rings (SSSR count). The second-order valence-electron chi connectivity index (χ2n) is 1.57. The standard InChI is InChI=1S/C5H5NO4.Na/c7-1-4-6-3(2-10-4)5(8)9;/h2,7H,1H2,(H,8,9);/q;+1/p-1. The van der Waals surface area contributed by atoms with Crippen LogP contribution in [0.4, 0.5) is 0 Å². The Bertz CT molecular complexity index is 246. The molecule has 0 radical (unpaired) electrons. The van der Waals surface area contributed by atoms with Crippen molar-refractivity contribution in [3.8, 4) is 0 Å². The number of hydrogen-bond donors (Lipinski definition) is 1. The van der Waals surface area contributed by atoms with Gasteiger partial charge >= 0.3 is 29.6 Å². The quantitative estimate of drug-likeness (QED) is 0.446. The fourth-order valence-electron chi connectivity index (χ4n) is 0.477. The van der Waals surface area contributed by atoms with Crippen LogP contribution >= 0.6 is 0 Å². The van der Waals surface area contributed by atoms with Crippen LogP contribution in [0.15, 0.2) is 10.7 Å². The number of hydrogen-bond acceptors (Lipinski definition) is 5. The molecule has 0 fully saturated rings. The number of aliphatic hydroxyl groups excluding tert-OH is 1. The summed E-state index contributed by atoms with van der Waals surface area (Å²) in [7, 11) is 0. The number of nitrogens with zero attached hydrogens (tertiary/aromatic N) is 1. The number of aromatic carboxylic acids is 1. The number of aliphatic hydroxyl groups is 1. The van der Waals surface area contributed by atoms with E-state index in [4.69, 9.17) is 5.11 Å². The molecule has 0 amide bonds. The minimum atomic E-state index is -1.41. The molecule has 0 aliphatic rings. The van der Waals surface area contributed by atoms with Crippen molar-refractivity contribution in [2.45, 2.75) is 6.61 Å². The van der Waals surface area contributed by atoms with Gasteiger partial charge in [-0.05, 0) is 0 Å². The zero-order valence-corrected chi connectivity index (χ0v) is 7.90. The van der Waals surface area contributed by atoms with Crippen molar-refractivity contribution in [1.29, 1.82) is 0 Å². The molecule has 1 aromatic heterocycles. The molecule has 1 aromatic rings. The Balaban J connectivity index is 0.000001000. The molecule has 11 heavy (non-hydrogen) atoms. The normalized spacial score (nSPS) is 8.82. The van der Waals surface area contributed by atoms with E-state index in [2.05, 4.69) is 9.40 Å². The van der Waals surface area contributed by atoms with Crippen LogP contribution in [0.25, 0.3) is 0 Å². The SMILES string of the molecule is O=C([O-])c1coc(CO)n1.[Na+]. The Morgan fingerprint density at radius 3 is 2.73 bits per heavy atom. The third kappa shape index (κ3) is 2.63. The van der Waals surface area contributed by atoms with Gasteiger partial charge < -0.3 is 19.4 Å². The Hall–Kier alpha value is -0.360. The summed E-state index contributed by atoms with van der Waals surface area (Å²) in [4.78, 5) is 13.4. The topological polar surface area (TPSA) is 86.4 Å². The van der Waals surface area contributed by atoms with Crippen LogP contribution in [-0.4, -0.2) is 16.1 Å². The first-order chi connectivity index (χ1) is 4.74. The van der Waals surface area contributed by atoms with Crippen LogP contribution in [0.1, 0.15) is 16.4 Å². The average Bonchev–Trinajstić information content (AvgIpc) is 2.34. The van der Waals surface area contributed by atoms with Gasteiger partial charge in [-0.3, -0.25) is 0 Å². The van der Waals surface area contributed by atoms with E-state index >= 15 is 0 Å². The summed E-state index contributed by atoms with van der Waals surface area (Å²) >= 11 is 0. The summed E-state index contributed by atoms with van der Waals surface area (Å²) in [5.74, 6) is -1.44. The fraction of sp³-hybridized carbons (Fsp3) is 0.200. The fourth-order valence-corrected chi connectivity index (χ4v) is 0.477. The Morgan fingerprint density at radius 1 is 1.82 bits per heavy atom. The first-order valence-electron chi connectivity index (χ1n) is 2.50. The Morgan fingerprint density at radius 2 is 2.45 bits per heavy atom. The predicted octanol–water partition coefficient (Wildman–Crippen LogP) is -4.47. The molecule has 0 aliphatic heterocycles. The van der Waals surface area contributed by atoms with Crippen LogP contribution in [0.2, 0.25) is 0 Å². The van der Waals surface area contributed by atoms with Crippen molar-refractivity contribution in [2.24, 2.45) is 0 Å². The molecular weight excluding hydrogens is 161 g/mol. The van der Waals surface area contributed by atoms with Gasteiger partial charge in [-0.1, -0.05) is 0 Å². The molecule has 0 bridgehead atoms. The van der Waals surface area contributed by atoms with Gasteiger partial charge in [0.2, 0.25) is 5.89 Å². The van der Waals surface area contributed by atoms with Crippen molar-refractivity contribution >= 4 is 5.97 Å². The molecule has 5 nitrogen and oxygen atoms in total. The zero-order chi connectivity index (χ0) is 7.56. The van der Waals surface area contributed by atoms with Gasteiger partial charge in [0.1, 0.15) is 18.6 Å². The molecule has 0 aromatic carbocycles. The van der Waals surface area contributed by atoms with E-state index in [9.17, 15) is 9.90 Å². The van der Waals surface area contributed by atoms with Crippen LogP contribution in [0.5, 0.6) is 0 Å². The number of carbonyl (C=O) groups is 1.